The first-order valence-electron chi connectivity index (χ1n) is 21.8. The van der Waals surface area contributed by atoms with Gasteiger partial charge in [0.2, 0.25) is 0 Å². The number of benzene rings is 2. The van der Waals surface area contributed by atoms with E-state index in [0.717, 1.165) is 130 Å². The largest absolute Gasteiger partial charge is 0.497 e. The minimum absolute atomic E-state index is 0.164. The van der Waals surface area contributed by atoms with Crippen LogP contribution in [0.4, 0.5) is 0 Å². The molecule has 0 atom stereocenters. The van der Waals surface area contributed by atoms with E-state index in [9.17, 15) is 4.79 Å². The molecule has 5 heterocycles. The Morgan fingerprint density at radius 1 is 0.559 bits per heavy atom. The molecule has 59 heavy (non-hydrogen) atoms. The third kappa shape index (κ3) is 7.23. The summed E-state index contributed by atoms with van der Waals surface area (Å²) in [5.41, 5.74) is 23.6. The van der Waals surface area contributed by atoms with Crippen LogP contribution in [0.3, 0.4) is 0 Å². The van der Waals surface area contributed by atoms with Crippen molar-refractivity contribution in [1.29, 1.82) is 0 Å². The number of allylic oxidation sites excluding steroid dienone is 4. The summed E-state index contributed by atoms with van der Waals surface area (Å²) in [4.78, 5) is 32.3. The molecular formula is C52H60N4O3. The van der Waals surface area contributed by atoms with Crippen LogP contribution in [-0.4, -0.2) is 40.1 Å². The molecule has 0 aliphatic carbocycles. The van der Waals surface area contributed by atoms with Crippen molar-refractivity contribution in [3.05, 3.63) is 111 Å². The van der Waals surface area contributed by atoms with Gasteiger partial charge in [0.25, 0.3) is 0 Å². The fourth-order valence-electron chi connectivity index (χ4n) is 9.73. The Bertz CT molecular complexity index is 2650. The first-order valence-corrected chi connectivity index (χ1v) is 21.8. The van der Waals surface area contributed by atoms with Crippen LogP contribution in [0.25, 0.3) is 66.6 Å². The Labute approximate surface area is 350 Å². The predicted molar refractivity (Wildman–Crippen MR) is 246 cm³/mol. The Kier molecular flexibility index (Phi) is 12.4. The molecule has 0 spiro atoms. The molecule has 2 aliphatic rings. The lowest BCUT2D eigenvalue weighted by molar-refractivity contribution is -0.139. The van der Waals surface area contributed by atoms with Crippen molar-refractivity contribution in [2.75, 3.05) is 14.2 Å². The van der Waals surface area contributed by atoms with Crippen molar-refractivity contribution in [2.45, 2.75) is 113 Å². The Hall–Kier alpha value is -5.69. The van der Waals surface area contributed by atoms with Gasteiger partial charge in [0.1, 0.15) is 5.75 Å². The summed E-state index contributed by atoms with van der Waals surface area (Å²) in [6.07, 6.45) is 6.93. The molecule has 7 nitrogen and oxygen atoms in total. The molecule has 3 aromatic heterocycles. The number of aromatic amines is 2. The van der Waals surface area contributed by atoms with Crippen LogP contribution in [0.15, 0.2) is 60.7 Å². The lowest BCUT2D eigenvalue weighted by Crippen LogP contribution is -2.06. The third-order valence-corrected chi connectivity index (χ3v) is 12.5. The number of hydrogen-bond acceptors (Lipinski definition) is 5. The first-order chi connectivity index (χ1) is 28.7. The lowest BCUT2D eigenvalue weighted by Gasteiger charge is -2.14. The average Bonchev–Trinajstić information content (AvgIpc) is 4.00. The second-order valence-corrected chi connectivity index (χ2v) is 15.4. The summed E-state index contributed by atoms with van der Waals surface area (Å²) in [6, 6.07) is 21.3. The van der Waals surface area contributed by atoms with Crippen molar-refractivity contribution in [1.82, 2.24) is 19.9 Å². The molecule has 5 aromatic rings. The number of aryl methyl sites for hydroxylation is 4. The summed E-state index contributed by atoms with van der Waals surface area (Å²) in [5, 5.41) is 0. The number of esters is 1. The quantitative estimate of drug-likeness (QED) is 0.116. The Morgan fingerprint density at radius 3 is 1.49 bits per heavy atom. The zero-order chi connectivity index (χ0) is 42.0. The van der Waals surface area contributed by atoms with Crippen LogP contribution < -0.4 is 4.74 Å². The normalized spacial score (nSPS) is 12.8. The van der Waals surface area contributed by atoms with Gasteiger partial charge >= 0.3 is 5.97 Å². The van der Waals surface area contributed by atoms with Crippen LogP contribution in [-0.2, 0) is 41.6 Å². The zero-order valence-corrected chi connectivity index (χ0v) is 36.8. The molecule has 0 saturated carbocycles. The average molecular weight is 789 g/mol. The SMILES string of the molecule is CCC1=C(CC)c2nc1cc1[nH]c(c(CC)c1CC)c(-c1ccccc1CC(=O)OC)c1nc(cc3[nH]c(c(CC)c3CC)c2-c2ccc(OC)cc2)C(CC)=C1CC. The van der Waals surface area contributed by atoms with Crippen molar-refractivity contribution in [2.24, 2.45) is 0 Å². The number of nitrogens with one attached hydrogen (secondary N) is 2. The molecule has 0 unspecified atom stereocenters. The highest BCUT2D eigenvalue weighted by molar-refractivity contribution is 6.04. The number of nitrogens with zero attached hydrogens (tertiary/aromatic N) is 2. The number of hydrogen-bond donors (Lipinski definition) is 2. The van der Waals surface area contributed by atoms with Gasteiger partial charge in [0.15, 0.2) is 0 Å². The fraction of sp³-hybridized carbons (Fsp3) is 0.365. The minimum atomic E-state index is -0.268. The maximum absolute atomic E-state index is 13.0. The molecule has 2 aliphatic heterocycles. The number of aromatic nitrogens is 4. The molecule has 0 amide bonds. The van der Waals surface area contributed by atoms with Gasteiger partial charge < -0.3 is 19.4 Å². The number of fused-ring (bicyclic) bond motifs is 8. The molecule has 7 rings (SSSR count). The van der Waals surface area contributed by atoms with Crippen LogP contribution in [0.5, 0.6) is 5.75 Å². The number of carbonyl (C=O) groups excluding carboxylic acids is 1. The highest BCUT2D eigenvalue weighted by Crippen LogP contribution is 2.46. The zero-order valence-electron chi connectivity index (χ0n) is 36.8. The summed E-state index contributed by atoms with van der Waals surface area (Å²) in [5.74, 6) is 0.556. The van der Waals surface area contributed by atoms with E-state index in [-0.39, 0.29) is 12.4 Å². The van der Waals surface area contributed by atoms with E-state index in [4.69, 9.17) is 19.4 Å². The topological polar surface area (TPSA) is 92.9 Å². The number of carbonyl (C=O) groups is 1. The Morgan fingerprint density at radius 2 is 1.03 bits per heavy atom. The van der Waals surface area contributed by atoms with Crippen LogP contribution in [0.1, 0.15) is 132 Å². The van der Waals surface area contributed by atoms with E-state index in [1.54, 1.807) is 7.11 Å². The molecular weight excluding hydrogens is 729 g/mol. The van der Waals surface area contributed by atoms with Crippen molar-refractivity contribution < 1.29 is 14.3 Å². The lowest BCUT2D eigenvalue weighted by atomic mass is 9.90. The molecule has 0 fully saturated rings. The van der Waals surface area contributed by atoms with Gasteiger partial charge in [-0.3, -0.25) is 4.79 Å². The maximum Gasteiger partial charge on any atom is 0.309 e. The van der Waals surface area contributed by atoms with E-state index >= 15 is 0 Å². The van der Waals surface area contributed by atoms with Gasteiger partial charge in [-0.25, -0.2) is 9.97 Å². The first kappa shape index (κ1) is 41.5. The van der Waals surface area contributed by atoms with Gasteiger partial charge in [0, 0.05) is 22.2 Å². The summed E-state index contributed by atoms with van der Waals surface area (Å²) < 4.78 is 10.9. The van der Waals surface area contributed by atoms with Gasteiger partial charge in [0.05, 0.1) is 54.4 Å². The predicted octanol–water partition coefficient (Wildman–Crippen LogP) is 13.1. The molecule has 306 valence electrons. The number of H-pyrrole nitrogens is 2. The summed E-state index contributed by atoms with van der Waals surface area (Å²) >= 11 is 0. The van der Waals surface area contributed by atoms with Gasteiger partial charge in [-0.1, -0.05) is 91.8 Å². The van der Waals surface area contributed by atoms with Gasteiger partial charge in [-0.2, -0.15) is 0 Å². The van der Waals surface area contributed by atoms with E-state index in [1.165, 1.54) is 51.7 Å². The van der Waals surface area contributed by atoms with Crippen molar-refractivity contribution in [3.63, 3.8) is 0 Å². The molecule has 0 saturated heterocycles. The van der Waals surface area contributed by atoms with Gasteiger partial charge in [-0.05, 0) is 137 Å². The monoisotopic (exact) mass is 788 g/mol. The smallest absolute Gasteiger partial charge is 0.309 e. The molecule has 7 heteroatoms. The van der Waals surface area contributed by atoms with E-state index in [0.29, 0.717) is 0 Å². The van der Waals surface area contributed by atoms with E-state index in [2.05, 4.69) is 120 Å². The maximum atomic E-state index is 13.0. The molecule has 2 N–H and O–H groups in total. The molecule has 2 aromatic carbocycles. The van der Waals surface area contributed by atoms with E-state index < -0.39 is 0 Å². The van der Waals surface area contributed by atoms with Crippen LogP contribution in [0, 0.1) is 0 Å². The fourth-order valence-corrected chi connectivity index (χ4v) is 9.73. The second kappa shape index (κ2) is 17.7. The van der Waals surface area contributed by atoms with Crippen molar-refractivity contribution >= 4 is 50.3 Å². The number of methoxy groups -OCH3 is 2. The van der Waals surface area contributed by atoms with E-state index in [1.807, 2.05) is 6.07 Å². The van der Waals surface area contributed by atoms with Crippen LogP contribution in [0.2, 0.25) is 0 Å². The minimum Gasteiger partial charge on any atom is -0.497 e. The third-order valence-electron chi connectivity index (χ3n) is 12.5. The highest BCUT2D eigenvalue weighted by atomic mass is 16.5. The summed E-state index contributed by atoms with van der Waals surface area (Å²) in [6.45, 7) is 18.0. The number of ether oxygens (including phenoxy) is 2. The highest BCUT2D eigenvalue weighted by Gasteiger charge is 2.28. The Balaban J connectivity index is 1.80. The molecule has 8 bridgehead atoms. The van der Waals surface area contributed by atoms with Crippen LogP contribution >= 0.6 is 0 Å². The molecule has 0 radical (unpaired) electrons. The summed E-state index contributed by atoms with van der Waals surface area (Å²) in [7, 11) is 3.17. The number of rotatable bonds is 13. The van der Waals surface area contributed by atoms with Gasteiger partial charge in [-0.15, -0.1) is 0 Å². The van der Waals surface area contributed by atoms with Crippen molar-refractivity contribution in [3.8, 4) is 28.0 Å². The second-order valence-electron chi connectivity index (χ2n) is 15.4. The standard InChI is InChI=1S/C52H60N4O3/c1-11-33-37(15-5)49-47(30-23-25-32(58-9)26-24-30)50-38(16-6)34(12-2)43(54-50)29-45-36(14-4)40(18-8)52(56-45)48(41-22-20-19-21-31(41)27-46(57)59-10)51-39(17-7)35(13-3)44(55-51)28-42(33)53-49/h19-26,28-29,53,56H,11-18,27H2,1-10H3.